The van der Waals surface area contributed by atoms with Gasteiger partial charge in [-0.25, -0.2) is 24.3 Å². The summed E-state index contributed by atoms with van der Waals surface area (Å²) in [5.74, 6) is 0.228. The number of nitrogens with one attached hydrogen (secondary N) is 2. The molecule has 8 heteroatoms. The van der Waals surface area contributed by atoms with Gasteiger partial charge in [0.1, 0.15) is 12.1 Å². The van der Waals surface area contributed by atoms with Crippen molar-refractivity contribution in [3.8, 4) is 11.3 Å². The van der Waals surface area contributed by atoms with Gasteiger partial charge in [0.2, 0.25) is 5.95 Å². The monoisotopic (exact) mass is 371 g/mol. The molecular weight excluding hydrogens is 357 g/mol. The summed E-state index contributed by atoms with van der Waals surface area (Å²) in [6.07, 6.45) is 4.98. The molecule has 7 nitrogen and oxygen atoms in total. The first-order valence-electron chi connectivity index (χ1n) is 8.66. The summed E-state index contributed by atoms with van der Waals surface area (Å²) < 4.78 is 13.3. The first kappa shape index (κ1) is 16.2. The Hall–Kier alpha value is -3.94. The average molecular weight is 371 g/mol. The Morgan fingerprint density at radius 2 is 1.96 bits per heavy atom. The van der Waals surface area contributed by atoms with Crippen molar-refractivity contribution in [1.29, 1.82) is 0 Å². The van der Waals surface area contributed by atoms with E-state index in [4.69, 9.17) is 0 Å². The lowest BCUT2D eigenvalue weighted by Crippen LogP contribution is -2.03. The van der Waals surface area contributed by atoms with E-state index in [1.54, 1.807) is 18.5 Å². The second kappa shape index (κ2) is 6.66. The third-order valence-corrected chi connectivity index (χ3v) is 4.44. The van der Waals surface area contributed by atoms with Crippen LogP contribution in [0.5, 0.6) is 0 Å². The zero-order valence-corrected chi connectivity index (χ0v) is 14.6. The van der Waals surface area contributed by atoms with E-state index in [2.05, 4.69) is 35.5 Å². The van der Waals surface area contributed by atoms with E-state index in [-0.39, 0.29) is 5.82 Å². The molecule has 2 N–H and O–H groups in total. The standard InChI is InChI=1S/C20H14FN7/c21-15-3-1-2-12(6-15)8-22-20-23-9-14-7-13(4-5-17(14)27-20)18-16-10-26-28-19(16)25-11-24-18/h1-7,9-11H,8H2,(H,22,23,27)(H,24,25,26,28). The minimum Gasteiger partial charge on any atom is -0.350 e. The molecule has 0 saturated carbocycles. The van der Waals surface area contributed by atoms with Crippen LogP contribution in [0.15, 0.2) is 61.2 Å². The van der Waals surface area contributed by atoms with Crippen molar-refractivity contribution in [2.24, 2.45) is 0 Å². The Labute approximate surface area is 158 Å². The van der Waals surface area contributed by atoms with Gasteiger partial charge in [-0.1, -0.05) is 18.2 Å². The van der Waals surface area contributed by atoms with Crippen molar-refractivity contribution in [2.45, 2.75) is 6.54 Å². The average Bonchev–Trinajstić information content (AvgIpc) is 3.21. The molecule has 0 saturated heterocycles. The summed E-state index contributed by atoms with van der Waals surface area (Å²) in [6, 6.07) is 12.3. The minimum atomic E-state index is -0.261. The minimum absolute atomic E-state index is 0.261. The summed E-state index contributed by atoms with van der Waals surface area (Å²) in [7, 11) is 0. The summed E-state index contributed by atoms with van der Waals surface area (Å²) in [5, 5.41) is 11.8. The number of hydrogen-bond acceptors (Lipinski definition) is 6. The summed E-state index contributed by atoms with van der Waals surface area (Å²) in [4.78, 5) is 17.5. The lowest BCUT2D eigenvalue weighted by Gasteiger charge is -2.07. The molecular formula is C20H14FN7. The molecule has 0 atom stereocenters. The van der Waals surface area contributed by atoms with E-state index in [0.717, 1.165) is 33.1 Å². The molecule has 2 aromatic carbocycles. The molecule has 0 aliphatic rings. The number of nitrogens with zero attached hydrogens (tertiary/aromatic N) is 5. The first-order chi connectivity index (χ1) is 13.8. The van der Waals surface area contributed by atoms with Crippen LogP contribution in [0.3, 0.4) is 0 Å². The summed E-state index contributed by atoms with van der Waals surface area (Å²) in [5.41, 5.74) is 4.06. The molecule has 3 aromatic heterocycles. The number of H-pyrrole nitrogens is 1. The van der Waals surface area contributed by atoms with Crippen LogP contribution in [0.2, 0.25) is 0 Å². The summed E-state index contributed by atoms with van der Waals surface area (Å²) in [6.45, 7) is 0.445. The molecule has 0 aliphatic carbocycles. The van der Waals surface area contributed by atoms with Gasteiger partial charge in [0.25, 0.3) is 0 Å². The van der Waals surface area contributed by atoms with E-state index in [1.807, 2.05) is 24.3 Å². The van der Waals surface area contributed by atoms with Gasteiger partial charge >= 0.3 is 0 Å². The molecule has 5 aromatic rings. The number of benzene rings is 2. The Bertz CT molecular complexity index is 1300. The first-order valence-corrected chi connectivity index (χ1v) is 8.66. The largest absolute Gasteiger partial charge is 0.350 e. The van der Waals surface area contributed by atoms with Crippen LogP contribution in [0.25, 0.3) is 33.2 Å². The van der Waals surface area contributed by atoms with Crippen LogP contribution < -0.4 is 5.32 Å². The van der Waals surface area contributed by atoms with Gasteiger partial charge in [-0.15, -0.1) is 0 Å². The van der Waals surface area contributed by atoms with Crippen molar-refractivity contribution in [1.82, 2.24) is 30.1 Å². The highest BCUT2D eigenvalue weighted by Crippen LogP contribution is 2.26. The van der Waals surface area contributed by atoms with Crippen LogP contribution >= 0.6 is 0 Å². The molecule has 3 heterocycles. The number of aromatic amines is 1. The highest BCUT2D eigenvalue weighted by molar-refractivity contribution is 5.93. The van der Waals surface area contributed by atoms with E-state index in [1.165, 1.54) is 18.5 Å². The topological polar surface area (TPSA) is 92.3 Å². The predicted octanol–water partition coefficient (Wildman–Crippen LogP) is 3.71. The fourth-order valence-corrected chi connectivity index (χ4v) is 3.09. The van der Waals surface area contributed by atoms with Crippen molar-refractivity contribution in [2.75, 3.05) is 5.32 Å². The van der Waals surface area contributed by atoms with Gasteiger partial charge in [0, 0.05) is 23.7 Å². The van der Waals surface area contributed by atoms with Crippen LogP contribution in [-0.2, 0) is 6.54 Å². The zero-order chi connectivity index (χ0) is 18.9. The van der Waals surface area contributed by atoms with E-state index < -0.39 is 0 Å². The molecule has 0 aliphatic heterocycles. The van der Waals surface area contributed by atoms with Gasteiger partial charge in [0.15, 0.2) is 5.65 Å². The highest BCUT2D eigenvalue weighted by Gasteiger charge is 2.09. The normalized spacial score (nSPS) is 11.2. The third kappa shape index (κ3) is 3.01. The quantitative estimate of drug-likeness (QED) is 0.500. The molecule has 0 spiro atoms. The van der Waals surface area contributed by atoms with Gasteiger partial charge < -0.3 is 5.32 Å². The Morgan fingerprint density at radius 1 is 1.00 bits per heavy atom. The highest BCUT2D eigenvalue weighted by atomic mass is 19.1. The fraction of sp³-hybridized carbons (Fsp3) is 0.0500. The predicted molar refractivity (Wildman–Crippen MR) is 104 cm³/mol. The maximum Gasteiger partial charge on any atom is 0.223 e. The molecule has 0 fully saturated rings. The molecule has 0 amide bonds. The number of aromatic nitrogens is 6. The Morgan fingerprint density at radius 3 is 2.89 bits per heavy atom. The Balaban J connectivity index is 1.44. The van der Waals surface area contributed by atoms with Crippen molar-refractivity contribution >= 4 is 27.9 Å². The van der Waals surface area contributed by atoms with Gasteiger partial charge in [-0.05, 0) is 29.8 Å². The Kier molecular flexibility index (Phi) is 3.86. The van der Waals surface area contributed by atoms with Crippen LogP contribution in [0.1, 0.15) is 5.56 Å². The molecule has 5 rings (SSSR count). The lowest BCUT2D eigenvalue weighted by atomic mass is 10.1. The lowest BCUT2D eigenvalue weighted by molar-refractivity contribution is 0.626. The SMILES string of the molecule is Fc1cccc(CNc2ncc3cc(-c4ncnc5[nH]ncc45)ccc3n2)c1. The van der Waals surface area contributed by atoms with Gasteiger partial charge in [0.05, 0.1) is 22.8 Å². The van der Waals surface area contributed by atoms with E-state index in [0.29, 0.717) is 18.1 Å². The van der Waals surface area contributed by atoms with E-state index >= 15 is 0 Å². The van der Waals surface area contributed by atoms with Crippen LogP contribution in [-0.4, -0.2) is 30.1 Å². The maximum absolute atomic E-state index is 13.3. The maximum atomic E-state index is 13.3. The molecule has 136 valence electrons. The third-order valence-electron chi connectivity index (χ3n) is 4.44. The van der Waals surface area contributed by atoms with Crippen molar-refractivity contribution in [3.05, 3.63) is 72.6 Å². The molecule has 0 radical (unpaired) electrons. The molecule has 0 unspecified atom stereocenters. The number of fused-ring (bicyclic) bond motifs is 2. The second-order valence-electron chi connectivity index (χ2n) is 6.31. The van der Waals surface area contributed by atoms with Crippen LogP contribution in [0.4, 0.5) is 10.3 Å². The molecule has 0 bridgehead atoms. The number of halogens is 1. The van der Waals surface area contributed by atoms with Crippen molar-refractivity contribution in [3.63, 3.8) is 0 Å². The van der Waals surface area contributed by atoms with Gasteiger partial charge in [-0.3, -0.25) is 5.10 Å². The second-order valence-corrected chi connectivity index (χ2v) is 6.31. The number of hydrogen-bond donors (Lipinski definition) is 2. The fourth-order valence-electron chi connectivity index (χ4n) is 3.09. The molecule has 28 heavy (non-hydrogen) atoms. The summed E-state index contributed by atoms with van der Waals surface area (Å²) >= 11 is 0. The number of anilines is 1. The number of rotatable bonds is 4. The van der Waals surface area contributed by atoms with Gasteiger partial charge in [-0.2, -0.15) is 5.10 Å². The van der Waals surface area contributed by atoms with E-state index in [9.17, 15) is 4.39 Å². The zero-order valence-electron chi connectivity index (χ0n) is 14.6. The van der Waals surface area contributed by atoms with Crippen LogP contribution in [0, 0.1) is 5.82 Å². The smallest absolute Gasteiger partial charge is 0.223 e. The van der Waals surface area contributed by atoms with Crippen molar-refractivity contribution < 1.29 is 4.39 Å².